The monoisotopic (exact) mass is 452 g/mol. The lowest BCUT2D eigenvalue weighted by atomic mass is 9.95. The van der Waals surface area contributed by atoms with Gasteiger partial charge in [0.25, 0.3) is 0 Å². The van der Waals surface area contributed by atoms with E-state index in [1.807, 2.05) is 38.1 Å². The Kier molecular flexibility index (Phi) is 7.34. The molecular formula is C25H29FN4O3. The number of nitrogens with zero attached hydrogens (tertiary/aromatic N) is 3. The summed E-state index contributed by atoms with van der Waals surface area (Å²) in [5.41, 5.74) is 1.79. The molecule has 1 N–H and O–H groups in total. The van der Waals surface area contributed by atoms with Crippen LogP contribution >= 0.6 is 0 Å². The van der Waals surface area contributed by atoms with Crippen LogP contribution < -0.4 is 10.1 Å². The molecule has 2 heterocycles. The van der Waals surface area contributed by atoms with E-state index in [9.17, 15) is 9.18 Å². The lowest BCUT2D eigenvalue weighted by molar-refractivity contribution is -0.127. The number of amides is 1. The molecule has 1 aliphatic rings. The molecule has 4 rings (SSSR count). The van der Waals surface area contributed by atoms with Gasteiger partial charge in [0, 0.05) is 11.5 Å². The molecule has 2 aromatic carbocycles. The van der Waals surface area contributed by atoms with E-state index in [0.717, 1.165) is 37.2 Å². The van der Waals surface area contributed by atoms with Crippen molar-refractivity contribution in [2.24, 2.45) is 5.92 Å². The van der Waals surface area contributed by atoms with Gasteiger partial charge in [-0.3, -0.25) is 9.69 Å². The van der Waals surface area contributed by atoms with Crippen molar-refractivity contribution in [2.75, 3.05) is 19.7 Å². The van der Waals surface area contributed by atoms with Crippen molar-refractivity contribution in [3.8, 4) is 17.1 Å². The summed E-state index contributed by atoms with van der Waals surface area (Å²) in [7, 11) is 0. The molecule has 1 aromatic heterocycles. The summed E-state index contributed by atoms with van der Waals surface area (Å²) in [5, 5.41) is 7.07. The average Bonchev–Trinajstić information content (AvgIpc) is 3.28. The van der Waals surface area contributed by atoms with E-state index >= 15 is 0 Å². The highest BCUT2D eigenvalue weighted by atomic mass is 19.1. The molecule has 0 radical (unpaired) electrons. The third-order valence-corrected chi connectivity index (χ3v) is 5.86. The van der Waals surface area contributed by atoms with Crippen molar-refractivity contribution in [3.05, 3.63) is 65.8 Å². The van der Waals surface area contributed by atoms with Gasteiger partial charge in [0.1, 0.15) is 18.2 Å². The van der Waals surface area contributed by atoms with E-state index in [0.29, 0.717) is 30.4 Å². The summed E-state index contributed by atoms with van der Waals surface area (Å²) in [6, 6.07) is 13.8. The molecule has 1 amide bonds. The highest BCUT2D eigenvalue weighted by Crippen LogP contribution is 2.21. The summed E-state index contributed by atoms with van der Waals surface area (Å²) < 4.78 is 24.3. The Morgan fingerprint density at radius 2 is 1.94 bits per heavy atom. The molecule has 1 saturated heterocycles. The quantitative estimate of drug-likeness (QED) is 0.557. The molecule has 7 nitrogen and oxygen atoms in total. The zero-order valence-electron chi connectivity index (χ0n) is 19.0. The van der Waals surface area contributed by atoms with Gasteiger partial charge in [0.15, 0.2) is 0 Å². The van der Waals surface area contributed by atoms with E-state index < -0.39 is 0 Å². The van der Waals surface area contributed by atoms with Crippen LogP contribution in [0.25, 0.3) is 11.4 Å². The van der Waals surface area contributed by atoms with E-state index in [2.05, 4.69) is 20.4 Å². The largest absolute Gasteiger partial charge is 0.491 e. The molecule has 1 atom stereocenters. The molecule has 8 heteroatoms. The Morgan fingerprint density at radius 3 is 2.67 bits per heavy atom. The van der Waals surface area contributed by atoms with Crippen LogP contribution in [0.4, 0.5) is 4.39 Å². The van der Waals surface area contributed by atoms with Crippen molar-refractivity contribution >= 4 is 5.91 Å². The Labute approximate surface area is 192 Å². The number of carbonyl (C=O) groups is 1. The maximum Gasteiger partial charge on any atom is 0.241 e. The number of carbonyl (C=O) groups excluding carboxylic acids is 1. The lowest BCUT2D eigenvalue weighted by Crippen LogP contribution is -2.44. The van der Waals surface area contributed by atoms with E-state index in [1.165, 1.54) is 12.1 Å². The topological polar surface area (TPSA) is 80.5 Å². The van der Waals surface area contributed by atoms with Gasteiger partial charge in [-0.05, 0) is 75.7 Å². The number of rotatable bonds is 8. The minimum Gasteiger partial charge on any atom is -0.491 e. The second kappa shape index (κ2) is 10.6. The predicted molar refractivity (Wildman–Crippen MR) is 122 cm³/mol. The Balaban J connectivity index is 1.20. The molecule has 0 saturated carbocycles. The molecule has 33 heavy (non-hydrogen) atoms. The predicted octanol–water partition coefficient (Wildman–Crippen LogP) is 3.98. The summed E-state index contributed by atoms with van der Waals surface area (Å²) in [6.07, 6.45) is 1.55. The first-order chi connectivity index (χ1) is 16.0. The van der Waals surface area contributed by atoms with Crippen molar-refractivity contribution in [3.63, 3.8) is 0 Å². The molecule has 174 valence electrons. The van der Waals surface area contributed by atoms with Gasteiger partial charge in [-0.2, -0.15) is 4.98 Å². The fraction of sp³-hybridized carbons (Fsp3) is 0.400. The fourth-order valence-electron chi connectivity index (χ4n) is 3.92. The number of halogens is 1. The van der Waals surface area contributed by atoms with Crippen LogP contribution in [-0.4, -0.2) is 46.7 Å². The van der Waals surface area contributed by atoms with Crippen LogP contribution in [0.2, 0.25) is 0 Å². The van der Waals surface area contributed by atoms with Gasteiger partial charge in [-0.1, -0.05) is 23.4 Å². The first-order valence-corrected chi connectivity index (χ1v) is 11.3. The highest BCUT2D eigenvalue weighted by Gasteiger charge is 2.27. The second-order valence-corrected chi connectivity index (χ2v) is 8.56. The van der Waals surface area contributed by atoms with E-state index in [4.69, 9.17) is 9.26 Å². The molecular weight excluding hydrogens is 423 g/mol. The summed E-state index contributed by atoms with van der Waals surface area (Å²) in [6.45, 7) is 6.48. The van der Waals surface area contributed by atoms with Gasteiger partial charge >= 0.3 is 0 Å². The Bertz CT molecular complexity index is 1060. The third-order valence-electron chi connectivity index (χ3n) is 5.86. The minimum absolute atomic E-state index is 0.0142. The number of aryl methyl sites for hydroxylation is 1. The SMILES string of the molecule is Cc1ccccc1OCC(C)NC(=O)C1CCN(Cc2nc(-c3ccc(F)cc3)no2)CC1. The summed E-state index contributed by atoms with van der Waals surface area (Å²) in [5.74, 6) is 1.56. The van der Waals surface area contributed by atoms with Crippen LogP contribution in [-0.2, 0) is 11.3 Å². The van der Waals surface area contributed by atoms with Gasteiger partial charge in [0.2, 0.25) is 17.6 Å². The zero-order valence-corrected chi connectivity index (χ0v) is 19.0. The number of piperidine rings is 1. The maximum atomic E-state index is 13.1. The maximum absolute atomic E-state index is 13.1. The van der Waals surface area contributed by atoms with Crippen LogP contribution in [0.15, 0.2) is 53.1 Å². The second-order valence-electron chi connectivity index (χ2n) is 8.56. The highest BCUT2D eigenvalue weighted by molar-refractivity contribution is 5.79. The summed E-state index contributed by atoms with van der Waals surface area (Å²) in [4.78, 5) is 19.3. The van der Waals surface area contributed by atoms with Gasteiger partial charge in [-0.25, -0.2) is 4.39 Å². The van der Waals surface area contributed by atoms with Crippen molar-refractivity contribution in [1.82, 2.24) is 20.4 Å². The molecule has 1 aliphatic heterocycles. The van der Waals surface area contributed by atoms with Gasteiger partial charge in [0.05, 0.1) is 12.6 Å². The molecule has 0 bridgehead atoms. The van der Waals surface area contributed by atoms with Crippen LogP contribution in [0.3, 0.4) is 0 Å². The number of nitrogens with one attached hydrogen (secondary N) is 1. The van der Waals surface area contributed by atoms with E-state index in [-0.39, 0.29) is 23.7 Å². The molecule has 0 aliphatic carbocycles. The van der Waals surface area contributed by atoms with Crippen molar-refractivity contribution in [2.45, 2.75) is 39.3 Å². The summed E-state index contributed by atoms with van der Waals surface area (Å²) >= 11 is 0. The molecule has 0 spiro atoms. The standard InChI is InChI=1S/C25H29FN4O3/c1-17-5-3-4-6-22(17)32-16-18(2)27-25(31)20-11-13-30(14-12-20)15-23-28-24(29-33-23)19-7-9-21(26)10-8-19/h3-10,18,20H,11-16H2,1-2H3,(H,27,31). The number of aromatic nitrogens is 2. The number of hydrogen-bond donors (Lipinski definition) is 1. The number of para-hydroxylation sites is 1. The van der Waals surface area contributed by atoms with Crippen molar-refractivity contribution in [1.29, 1.82) is 0 Å². The Morgan fingerprint density at radius 1 is 1.21 bits per heavy atom. The van der Waals surface area contributed by atoms with Crippen LogP contribution in [0.5, 0.6) is 5.75 Å². The normalized spacial score (nSPS) is 15.8. The number of benzene rings is 2. The third kappa shape index (κ3) is 6.16. The molecule has 1 unspecified atom stereocenters. The van der Waals surface area contributed by atoms with E-state index in [1.54, 1.807) is 12.1 Å². The fourth-order valence-corrected chi connectivity index (χ4v) is 3.92. The van der Waals surface area contributed by atoms with Crippen molar-refractivity contribution < 1.29 is 18.4 Å². The first-order valence-electron chi connectivity index (χ1n) is 11.3. The number of likely N-dealkylation sites (tertiary alicyclic amines) is 1. The average molecular weight is 453 g/mol. The number of hydrogen-bond acceptors (Lipinski definition) is 6. The van der Waals surface area contributed by atoms with Crippen LogP contribution in [0.1, 0.15) is 31.2 Å². The van der Waals surface area contributed by atoms with Gasteiger partial charge < -0.3 is 14.6 Å². The zero-order chi connectivity index (χ0) is 23.2. The Hall–Kier alpha value is -3.26. The lowest BCUT2D eigenvalue weighted by Gasteiger charge is -2.30. The number of ether oxygens (including phenoxy) is 1. The smallest absolute Gasteiger partial charge is 0.241 e. The minimum atomic E-state index is -0.303. The molecule has 1 fully saturated rings. The first kappa shape index (κ1) is 22.9. The van der Waals surface area contributed by atoms with Gasteiger partial charge in [-0.15, -0.1) is 0 Å². The van der Waals surface area contributed by atoms with Crippen LogP contribution in [0, 0.1) is 18.7 Å². The molecule has 3 aromatic rings.